The van der Waals surface area contributed by atoms with Crippen molar-refractivity contribution in [3.8, 4) is 11.1 Å². The predicted octanol–water partition coefficient (Wildman–Crippen LogP) is 4.72. The standard InChI is InChI=1S/C29H37N7O3/c1-3-39-22-10-6-20(7-11-22)34-29-31-16-24-23(15-30-27(24)35-29)18-12-13-36-26(14-18)25(17-32-36)28(37)33-19-4-8-21(38-2)9-5-19/h12-17,19-22H,3-11H2,1-2H3,(H,33,37)(H2,30,31,34,35)/t19?,20-,21?,22+. The van der Waals surface area contributed by atoms with Gasteiger partial charge in [-0.25, -0.2) is 9.50 Å². The Kier molecular flexibility index (Phi) is 7.47. The number of rotatable bonds is 8. The summed E-state index contributed by atoms with van der Waals surface area (Å²) in [7, 11) is 1.76. The molecule has 3 N–H and O–H groups in total. The van der Waals surface area contributed by atoms with Crippen molar-refractivity contribution in [2.45, 2.75) is 82.6 Å². The van der Waals surface area contributed by atoms with E-state index in [9.17, 15) is 4.79 Å². The fraction of sp³-hybridized carbons (Fsp3) is 0.517. The second-order valence-electron chi connectivity index (χ2n) is 10.7. The highest BCUT2D eigenvalue weighted by Crippen LogP contribution is 2.30. The van der Waals surface area contributed by atoms with Crippen molar-refractivity contribution in [2.75, 3.05) is 19.0 Å². The molecule has 0 aromatic carbocycles. The Hall–Kier alpha value is -3.50. The molecule has 4 aromatic rings. The third-order valence-electron chi connectivity index (χ3n) is 8.26. The van der Waals surface area contributed by atoms with Crippen LogP contribution in [0, 0.1) is 0 Å². The number of aromatic nitrogens is 5. The molecule has 1 amide bonds. The van der Waals surface area contributed by atoms with E-state index >= 15 is 0 Å². The van der Waals surface area contributed by atoms with Crippen LogP contribution in [0.3, 0.4) is 0 Å². The van der Waals surface area contributed by atoms with Crippen LogP contribution in [-0.4, -0.2) is 68.5 Å². The number of pyridine rings is 1. The normalized spacial score (nSPS) is 23.7. The molecule has 0 unspecified atom stereocenters. The molecule has 2 fully saturated rings. The van der Waals surface area contributed by atoms with E-state index in [-0.39, 0.29) is 11.9 Å². The summed E-state index contributed by atoms with van der Waals surface area (Å²) >= 11 is 0. The third-order valence-corrected chi connectivity index (χ3v) is 8.26. The van der Waals surface area contributed by atoms with Crippen molar-refractivity contribution in [3.63, 3.8) is 0 Å². The summed E-state index contributed by atoms with van der Waals surface area (Å²) < 4.78 is 13.0. The number of methoxy groups -OCH3 is 1. The largest absolute Gasteiger partial charge is 0.381 e. The summed E-state index contributed by atoms with van der Waals surface area (Å²) in [6.45, 7) is 2.83. The molecule has 0 bridgehead atoms. The predicted molar refractivity (Wildman–Crippen MR) is 150 cm³/mol. The van der Waals surface area contributed by atoms with E-state index in [0.717, 1.165) is 85.7 Å². The Morgan fingerprint density at radius 3 is 2.62 bits per heavy atom. The number of H-pyrrole nitrogens is 1. The zero-order valence-corrected chi connectivity index (χ0v) is 22.7. The molecule has 0 saturated heterocycles. The number of ether oxygens (including phenoxy) is 2. The molecule has 4 aromatic heterocycles. The average Bonchev–Trinajstić information content (AvgIpc) is 3.58. The van der Waals surface area contributed by atoms with Crippen LogP contribution < -0.4 is 10.6 Å². The first-order valence-electron chi connectivity index (χ1n) is 14.1. The Balaban J connectivity index is 1.17. The molecule has 2 aliphatic rings. The lowest BCUT2D eigenvalue weighted by molar-refractivity contribution is 0.0346. The molecule has 206 valence electrons. The molecule has 0 atom stereocenters. The molecular formula is C29H37N7O3. The number of anilines is 1. The number of fused-ring (bicyclic) bond motifs is 2. The van der Waals surface area contributed by atoms with E-state index in [2.05, 4.69) is 32.6 Å². The first-order chi connectivity index (χ1) is 19.1. The van der Waals surface area contributed by atoms with Gasteiger partial charge in [-0.1, -0.05) is 0 Å². The van der Waals surface area contributed by atoms with Gasteiger partial charge in [0.2, 0.25) is 5.95 Å². The van der Waals surface area contributed by atoms with Gasteiger partial charge in [0.1, 0.15) is 5.65 Å². The van der Waals surface area contributed by atoms with Crippen LogP contribution >= 0.6 is 0 Å². The maximum atomic E-state index is 13.2. The lowest BCUT2D eigenvalue weighted by Gasteiger charge is -2.28. The van der Waals surface area contributed by atoms with Gasteiger partial charge in [0.15, 0.2) is 0 Å². The van der Waals surface area contributed by atoms with E-state index in [1.165, 1.54) is 0 Å². The Labute approximate surface area is 227 Å². The van der Waals surface area contributed by atoms with Gasteiger partial charge in [-0.15, -0.1) is 0 Å². The maximum absolute atomic E-state index is 13.2. The number of carbonyl (C=O) groups is 1. The van der Waals surface area contributed by atoms with Gasteiger partial charge < -0.3 is 25.1 Å². The molecule has 0 radical (unpaired) electrons. The minimum Gasteiger partial charge on any atom is -0.381 e. The third kappa shape index (κ3) is 5.49. The fourth-order valence-corrected chi connectivity index (χ4v) is 6.04. The van der Waals surface area contributed by atoms with E-state index < -0.39 is 0 Å². The first-order valence-corrected chi connectivity index (χ1v) is 14.1. The number of nitrogens with zero attached hydrogens (tertiary/aromatic N) is 4. The summed E-state index contributed by atoms with van der Waals surface area (Å²) in [5.74, 6) is 0.553. The topological polar surface area (TPSA) is 118 Å². The lowest BCUT2D eigenvalue weighted by atomic mass is 9.93. The van der Waals surface area contributed by atoms with Gasteiger partial charge in [0.05, 0.1) is 29.5 Å². The minimum absolute atomic E-state index is 0.0868. The van der Waals surface area contributed by atoms with Gasteiger partial charge in [-0.3, -0.25) is 4.79 Å². The molecular weight excluding hydrogens is 494 g/mol. The Morgan fingerprint density at radius 2 is 1.85 bits per heavy atom. The zero-order chi connectivity index (χ0) is 26.8. The molecule has 0 aliphatic heterocycles. The number of hydrogen-bond acceptors (Lipinski definition) is 7. The van der Waals surface area contributed by atoms with Crippen molar-refractivity contribution in [3.05, 3.63) is 42.5 Å². The minimum atomic E-state index is -0.0868. The second-order valence-corrected chi connectivity index (χ2v) is 10.7. The molecule has 0 spiro atoms. The van der Waals surface area contributed by atoms with E-state index in [4.69, 9.17) is 14.5 Å². The van der Waals surface area contributed by atoms with Gasteiger partial charge in [0, 0.05) is 55.3 Å². The van der Waals surface area contributed by atoms with Crippen molar-refractivity contribution in [1.82, 2.24) is 29.9 Å². The maximum Gasteiger partial charge on any atom is 0.255 e. The molecule has 10 heteroatoms. The lowest BCUT2D eigenvalue weighted by Crippen LogP contribution is -2.38. The molecule has 4 heterocycles. The quantitative estimate of drug-likeness (QED) is 0.301. The summed E-state index contributed by atoms with van der Waals surface area (Å²) in [6, 6.07) is 4.53. The van der Waals surface area contributed by atoms with E-state index in [1.54, 1.807) is 17.8 Å². The summed E-state index contributed by atoms with van der Waals surface area (Å²) in [5.41, 5.74) is 4.09. The van der Waals surface area contributed by atoms with Crippen LogP contribution in [0.4, 0.5) is 5.95 Å². The number of amides is 1. The van der Waals surface area contributed by atoms with Crippen LogP contribution in [-0.2, 0) is 9.47 Å². The average molecular weight is 532 g/mol. The summed E-state index contributed by atoms with van der Waals surface area (Å²) in [4.78, 5) is 25.8. The smallest absolute Gasteiger partial charge is 0.255 e. The number of carbonyl (C=O) groups excluding carboxylic acids is 1. The molecule has 39 heavy (non-hydrogen) atoms. The van der Waals surface area contributed by atoms with Crippen LogP contribution in [0.15, 0.2) is 36.9 Å². The first kappa shape index (κ1) is 25.8. The summed E-state index contributed by atoms with van der Waals surface area (Å²) in [6.07, 6.45) is 16.0. The SMILES string of the molecule is CCO[C@H]1CC[C@@H](Nc2ncc3c(-c4ccn5ncc(C(=O)NC6CCC(OC)CC6)c5c4)c[nH]c3n2)CC1. The van der Waals surface area contributed by atoms with Crippen LogP contribution in [0.5, 0.6) is 0 Å². The van der Waals surface area contributed by atoms with Gasteiger partial charge in [-0.2, -0.15) is 10.1 Å². The van der Waals surface area contributed by atoms with Crippen LogP contribution in [0.1, 0.15) is 68.6 Å². The van der Waals surface area contributed by atoms with Gasteiger partial charge in [0.25, 0.3) is 5.91 Å². The summed E-state index contributed by atoms with van der Waals surface area (Å²) in [5, 5.41) is 12.1. The number of hydrogen-bond donors (Lipinski definition) is 3. The van der Waals surface area contributed by atoms with Crippen LogP contribution in [0.25, 0.3) is 27.7 Å². The van der Waals surface area contributed by atoms with Crippen LogP contribution in [0.2, 0.25) is 0 Å². The van der Waals surface area contributed by atoms with Crippen molar-refractivity contribution in [2.24, 2.45) is 0 Å². The Morgan fingerprint density at radius 1 is 1.08 bits per heavy atom. The zero-order valence-electron chi connectivity index (χ0n) is 22.7. The van der Waals surface area contributed by atoms with Crippen molar-refractivity contribution in [1.29, 1.82) is 0 Å². The van der Waals surface area contributed by atoms with Gasteiger partial charge >= 0.3 is 0 Å². The number of aromatic amines is 1. The molecule has 2 saturated carbocycles. The second kappa shape index (κ2) is 11.3. The Bertz CT molecular complexity index is 1430. The molecule has 10 nitrogen and oxygen atoms in total. The van der Waals surface area contributed by atoms with Crippen molar-refractivity contribution < 1.29 is 14.3 Å². The molecule has 2 aliphatic carbocycles. The van der Waals surface area contributed by atoms with Crippen molar-refractivity contribution >= 4 is 28.4 Å². The highest BCUT2D eigenvalue weighted by atomic mass is 16.5. The van der Waals surface area contributed by atoms with E-state index in [1.807, 2.05) is 30.7 Å². The highest BCUT2D eigenvalue weighted by Gasteiger charge is 2.24. The number of nitrogens with one attached hydrogen (secondary N) is 3. The molecule has 6 rings (SSSR count). The monoisotopic (exact) mass is 531 g/mol. The van der Waals surface area contributed by atoms with E-state index in [0.29, 0.717) is 29.8 Å². The fourth-order valence-electron chi connectivity index (χ4n) is 6.04. The highest BCUT2D eigenvalue weighted by molar-refractivity contribution is 6.02. The van der Waals surface area contributed by atoms with Gasteiger partial charge in [-0.05, 0) is 76.0 Å².